The molecule has 0 saturated carbocycles. The maximum Gasteiger partial charge on any atom is 0.416 e. The molecule has 0 N–H and O–H groups in total. The van der Waals surface area contributed by atoms with Crippen LogP contribution in [0.4, 0.5) is 17.6 Å². The molecule has 2 heterocycles. The van der Waals surface area contributed by atoms with E-state index in [-0.39, 0.29) is 31.0 Å². The Morgan fingerprint density at radius 3 is 2.42 bits per heavy atom. The maximum absolute atomic E-state index is 13.3. The van der Waals surface area contributed by atoms with Crippen molar-refractivity contribution >= 4 is 11.8 Å². The molecule has 0 radical (unpaired) electrons. The molecular weight excluding hydrogens is 480 g/mol. The van der Waals surface area contributed by atoms with Gasteiger partial charge in [-0.2, -0.15) is 13.2 Å². The van der Waals surface area contributed by atoms with Crippen LogP contribution in [0.3, 0.4) is 0 Å². The zero-order chi connectivity index (χ0) is 25.8. The van der Waals surface area contributed by atoms with Crippen LogP contribution in [-0.4, -0.2) is 67.6 Å². The fourth-order valence-electron chi connectivity index (χ4n) is 4.72. The van der Waals surface area contributed by atoms with Crippen LogP contribution in [0.15, 0.2) is 48.5 Å². The minimum absolute atomic E-state index is 0.0559. The van der Waals surface area contributed by atoms with Gasteiger partial charge in [-0.3, -0.25) is 9.59 Å². The van der Waals surface area contributed by atoms with Gasteiger partial charge in [-0.15, -0.1) is 0 Å². The molecule has 36 heavy (non-hydrogen) atoms. The van der Waals surface area contributed by atoms with E-state index in [1.54, 1.807) is 4.90 Å². The second-order valence-electron chi connectivity index (χ2n) is 9.32. The molecule has 2 fully saturated rings. The first kappa shape index (κ1) is 25.9. The molecule has 194 valence electrons. The Kier molecular flexibility index (Phi) is 7.82. The SMILES string of the molecule is O=C(C[C@]1(COc2ccc(F)cc2)CCCN(C(=O)c2cccc(C(F)(F)F)c2)C1)N1CCOCC1. The highest BCUT2D eigenvalue weighted by molar-refractivity contribution is 5.94. The second-order valence-corrected chi connectivity index (χ2v) is 9.32. The summed E-state index contributed by atoms with van der Waals surface area (Å²) in [6.07, 6.45) is -3.29. The summed E-state index contributed by atoms with van der Waals surface area (Å²) in [5.41, 5.74) is -1.70. The normalized spacial score (nSPS) is 20.8. The molecule has 0 aromatic heterocycles. The van der Waals surface area contributed by atoms with Gasteiger partial charge in [0, 0.05) is 43.6 Å². The number of hydrogen-bond acceptors (Lipinski definition) is 4. The minimum Gasteiger partial charge on any atom is -0.493 e. The fourth-order valence-corrected chi connectivity index (χ4v) is 4.72. The standard InChI is InChI=1S/C26H28F4N2O4/c27-21-5-7-22(8-6-21)36-18-25(16-23(33)31-11-13-35-14-12-31)9-2-10-32(17-25)24(34)19-3-1-4-20(15-19)26(28,29)30/h1,3-8,15H,2,9-14,16-18H2/t25-/m1/s1. The van der Waals surface area contributed by atoms with Crippen molar-refractivity contribution in [2.75, 3.05) is 46.0 Å². The van der Waals surface area contributed by atoms with E-state index in [1.165, 1.54) is 41.3 Å². The molecule has 2 aliphatic rings. The van der Waals surface area contributed by atoms with Crippen molar-refractivity contribution in [2.24, 2.45) is 5.41 Å². The molecule has 2 saturated heterocycles. The number of alkyl halides is 3. The molecule has 2 aromatic carbocycles. The van der Waals surface area contributed by atoms with Crippen LogP contribution >= 0.6 is 0 Å². The van der Waals surface area contributed by atoms with Crippen LogP contribution in [0, 0.1) is 11.2 Å². The first-order chi connectivity index (χ1) is 17.2. The third-order valence-corrected chi connectivity index (χ3v) is 6.63. The Labute approximate surface area is 206 Å². The molecule has 6 nitrogen and oxygen atoms in total. The van der Waals surface area contributed by atoms with E-state index in [4.69, 9.17) is 9.47 Å². The number of hydrogen-bond donors (Lipinski definition) is 0. The first-order valence-electron chi connectivity index (χ1n) is 11.9. The van der Waals surface area contributed by atoms with Gasteiger partial charge < -0.3 is 19.3 Å². The summed E-state index contributed by atoms with van der Waals surface area (Å²) in [7, 11) is 0. The average molecular weight is 509 g/mol. The summed E-state index contributed by atoms with van der Waals surface area (Å²) in [5, 5.41) is 0. The fraction of sp³-hybridized carbons (Fsp3) is 0.462. The highest BCUT2D eigenvalue weighted by Gasteiger charge is 2.41. The number of morpholine rings is 1. The van der Waals surface area contributed by atoms with E-state index in [0.717, 1.165) is 12.1 Å². The third kappa shape index (κ3) is 6.34. The number of rotatable bonds is 6. The van der Waals surface area contributed by atoms with Crippen molar-refractivity contribution in [3.63, 3.8) is 0 Å². The number of carbonyl (C=O) groups is 2. The van der Waals surface area contributed by atoms with Crippen molar-refractivity contribution in [1.82, 2.24) is 9.80 Å². The molecule has 0 aliphatic carbocycles. The van der Waals surface area contributed by atoms with Crippen LogP contribution in [0.2, 0.25) is 0 Å². The van der Waals surface area contributed by atoms with Gasteiger partial charge in [0.15, 0.2) is 0 Å². The van der Waals surface area contributed by atoms with Crippen LogP contribution < -0.4 is 4.74 Å². The largest absolute Gasteiger partial charge is 0.493 e. The number of benzene rings is 2. The lowest BCUT2D eigenvalue weighted by atomic mass is 9.77. The zero-order valence-corrected chi connectivity index (χ0v) is 19.7. The van der Waals surface area contributed by atoms with Gasteiger partial charge >= 0.3 is 6.18 Å². The Balaban J connectivity index is 1.54. The van der Waals surface area contributed by atoms with Gasteiger partial charge in [-0.05, 0) is 55.3 Å². The second kappa shape index (κ2) is 10.9. The Morgan fingerprint density at radius 2 is 1.72 bits per heavy atom. The van der Waals surface area contributed by atoms with Crippen molar-refractivity contribution < 1.29 is 36.6 Å². The number of amides is 2. The van der Waals surface area contributed by atoms with E-state index >= 15 is 0 Å². The van der Waals surface area contributed by atoms with E-state index < -0.39 is 28.9 Å². The smallest absolute Gasteiger partial charge is 0.416 e. The first-order valence-corrected chi connectivity index (χ1v) is 11.9. The van der Waals surface area contributed by atoms with Crippen LogP contribution in [0.5, 0.6) is 5.75 Å². The zero-order valence-electron chi connectivity index (χ0n) is 19.7. The summed E-state index contributed by atoms with van der Waals surface area (Å²) in [6, 6.07) is 9.87. The molecule has 10 heteroatoms. The quantitative estimate of drug-likeness (QED) is 0.543. The summed E-state index contributed by atoms with van der Waals surface area (Å²) in [4.78, 5) is 29.6. The molecule has 2 amide bonds. The average Bonchev–Trinajstić information content (AvgIpc) is 2.88. The van der Waals surface area contributed by atoms with Crippen LogP contribution in [0.1, 0.15) is 35.2 Å². The summed E-state index contributed by atoms with van der Waals surface area (Å²) >= 11 is 0. The lowest BCUT2D eigenvalue weighted by molar-refractivity contribution is -0.139. The number of nitrogens with zero attached hydrogens (tertiary/aromatic N) is 2. The monoisotopic (exact) mass is 508 g/mol. The number of halogens is 4. The van der Waals surface area contributed by atoms with Crippen molar-refractivity contribution in [2.45, 2.75) is 25.4 Å². The predicted octanol–water partition coefficient (Wildman–Crippen LogP) is 4.39. The van der Waals surface area contributed by atoms with Crippen LogP contribution in [-0.2, 0) is 15.7 Å². The van der Waals surface area contributed by atoms with Gasteiger partial charge in [0.05, 0.1) is 25.4 Å². The molecule has 0 spiro atoms. The lowest BCUT2D eigenvalue weighted by Crippen LogP contribution is -2.52. The summed E-state index contributed by atoms with van der Waals surface area (Å²) in [6.45, 7) is 2.46. The number of ether oxygens (including phenoxy) is 2. The minimum atomic E-state index is -4.56. The molecule has 0 bridgehead atoms. The molecular formula is C26H28F4N2O4. The van der Waals surface area contributed by atoms with E-state index in [0.29, 0.717) is 51.4 Å². The Hall–Kier alpha value is -3.14. The summed E-state index contributed by atoms with van der Waals surface area (Å²) in [5.74, 6) is -0.592. The van der Waals surface area contributed by atoms with Crippen LogP contribution in [0.25, 0.3) is 0 Å². The molecule has 1 atom stereocenters. The molecule has 2 aliphatic heterocycles. The Morgan fingerprint density at radius 1 is 1.00 bits per heavy atom. The Bertz CT molecular complexity index is 1070. The van der Waals surface area contributed by atoms with Gasteiger partial charge in [0.2, 0.25) is 5.91 Å². The molecule has 2 aromatic rings. The highest BCUT2D eigenvalue weighted by atomic mass is 19.4. The van der Waals surface area contributed by atoms with Gasteiger partial charge in [-0.1, -0.05) is 6.07 Å². The van der Waals surface area contributed by atoms with Gasteiger partial charge in [0.1, 0.15) is 11.6 Å². The van der Waals surface area contributed by atoms with Crippen molar-refractivity contribution in [1.29, 1.82) is 0 Å². The molecule has 0 unspecified atom stereocenters. The number of likely N-dealkylation sites (tertiary alicyclic amines) is 1. The van der Waals surface area contributed by atoms with Crippen molar-refractivity contribution in [3.05, 3.63) is 65.5 Å². The number of carbonyl (C=O) groups excluding carboxylic acids is 2. The number of piperidine rings is 1. The topological polar surface area (TPSA) is 59.1 Å². The van der Waals surface area contributed by atoms with Gasteiger partial charge in [-0.25, -0.2) is 4.39 Å². The van der Waals surface area contributed by atoms with Gasteiger partial charge in [0.25, 0.3) is 5.91 Å². The third-order valence-electron chi connectivity index (χ3n) is 6.63. The summed E-state index contributed by atoms with van der Waals surface area (Å²) < 4.78 is 64.1. The van der Waals surface area contributed by atoms with E-state index in [2.05, 4.69) is 0 Å². The molecule has 4 rings (SSSR count). The maximum atomic E-state index is 13.3. The van der Waals surface area contributed by atoms with E-state index in [9.17, 15) is 27.2 Å². The van der Waals surface area contributed by atoms with E-state index in [1.807, 2.05) is 0 Å². The van der Waals surface area contributed by atoms with Crippen molar-refractivity contribution in [3.8, 4) is 5.75 Å². The highest BCUT2D eigenvalue weighted by Crippen LogP contribution is 2.36. The lowest BCUT2D eigenvalue weighted by Gasteiger charge is -2.43. The predicted molar refractivity (Wildman–Crippen MR) is 123 cm³/mol.